The fourth-order valence-corrected chi connectivity index (χ4v) is 1.02. The zero-order valence-electron chi connectivity index (χ0n) is 9.38. The molecule has 0 aliphatic carbocycles. The third kappa shape index (κ3) is 7.57. The third-order valence-electron chi connectivity index (χ3n) is 1.60. The van der Waals surface area contributed by atoms with Crippen molar-refractivity contribution in [3.05, 3.63) is 11.6 Å². The van der Waals surface area contributed by atoms with Gasteiger partial charge < -0.3 is 0 Å². The zero-order valence-corrected chi connectivity index (χ0v) is 9.38. The third-order valence-corrected chi connectivity index (χ3v) is 1.60. The van der Waals surface area contributed by atoms with E-state index in [2.05, 4.69) is 37.8 Å². The van der Waals surface area contributed by atoms with Gasteiger partial charge in [0.1, 0.15) is 0 Å². The van der Waals surface area contributed by atoms with E-state index in [1.165, 1.54) is 5.57 Å². The van der Waals surface area contributed by atoms with Crippen LogP contribution in [0.1, 0.15) is 40.5 Å². The molecule has 2 heteroatoms. The van der Waals surface area contributed by atoms with Crippen LogP contribution in [-0.4, -0.2) is 24.3 Å². The molecule has 0 unspecified atom stereocenters. The first-order chi connectivity index (χ1) is 6.20. The Hall–Kier alpha value is -0.790. The molecule has 0 aliphatic heterocycles. The maximum Gasteiger partial charge on any atom is 0.0469 e. The van der Waals surface area contributed by atoms with Gasteiger partial charge in [-0.2, -0.15) is 5.10 Å². The number of rotatable bonds is 6. The quantitative estimate of drug-likeness (QED) is 0.455. The number of hydrazone groups is 1. The van der Waals surface area contributed by atoms with E-state index in [0.717, 1.165) is 25.9 Å². The molecule has 0 spiro atoms. The summed E-state index contributed by atoms with van der Waals surface area (Å²) in [5, 5.41) is 6.50. The topological polar surface area (TPSA) is 15.6 Å². The highest BCUT2D eigenvalue weighted by Gasteiger charge is 1.94. The highest BCUT2D eigenvalue weighted by molar-refractivity contribution is 5.71. The van der Waals surface area contributed by atoms with Crippen molar-refractivity contribution in [1.82, 2.24) is 5.01 Å². The van der Waals surface area contributed by atoms with Crippen LogP contribution in [0.5, 0.6) is 0 Å². The van der Waals surface area contributed by atoms with E-state index < -0.39 is 0 Å². The molecule has 0 saturated heterocycles. The summed E-state index contributed by atoms with van der Waals surface area (Å²) in [5.41, 5.74) is 1.29. The average Bonchev–Trinajstić information content (AvgIpc) is 2.04. The van der Waals surface area contributed by atoms with Gasteiger partial charge in [-0.3, -0.25) is 5.01 Å². The van der Waals surface area contributed by atoms with Crippen LogP contribution in [0.3, 0.4) is 0 Å². The summed E-state index contributed by atoms with van der Waals surface area (Å²) in [6, 6.07) is 0. The molecule has 13 heavy (non-hydrogen) atoms. The van der Waals surface area contributed by atoms with Gasteiger partial charge in [-0.1, -0.05) is 19.4 Å². The van der Waals surface area contributed by atoms with Crippen molar-refractivity contribution in [2.24, 2.45) is 5.10 Å². The lowest BCUT2D eigenvalue weighted by molar-refractivity contribution is 0.291. The van der Waals surface area contributed by atoms with Crippen LogP contribution >= 0.6 is 0 Å². The summed E-state index contributed by atoms with van der Waals surface area (Å²) < 4.78 is 0. The molecular weight excluding hydrogens is 160 g/mol. The zero-order chi connectivity index (χ0) is 10.1. The summed E-state index contributed by atoms with van der Waals surface area (Å²) in [6.07, 6.45) is 6.25. The Morgan fingerprint density at radius 3 is 2.08 bits per heavy atom. The lowest BCUT2D eigenvalue weighted by Gasteiger charge is -2.16. The largest absolute Gasteiger partial charge is 0.297 e. The van der Waals surface area contributed by atoms with E-state index in [-0.39, 0.29) is 0 Å². The minimum Gasteiger partial charge on any atom is -0.297 e. The van der Waals surface area contributed by atoms with Crippen LogP contribution in [0.2, 0.25) is 0 Å². The van der Waals surface area contributed by atoms with Crippen molar-refractivity contribution in [3.8, 4) is 0 Å². The lowest BCUT2D eigenvalue weighted by atomic mass is 10.3. The van der Waals surface area contributed by atoms with Crippen molar-refractivity contribution in [1.29, 1.82) is 0 Å². The van der Waals surface area contributed by atoms with E-state index in [9.17, 15) is 0 Å². The van der Waals surface area contributed by atoms with Crippen molar-refractivity contribution in [3.63, 3.8) is 0 Å². The van der Waals surface area contributed by atoms with E-state index in [1.54, 1.807) is 0 Å². The Morgan fingerprint density at radius 1 is 1.15 bits per heavy atom. The Labute approximate surface area is 82.3 Å². The Bertz CT molecular complexity index is 161. The van der Waals surface area contributed by atoms with Gasteiger partial charge in [0.2, 0.25) is 0 Å². The first kappa shape index (κ1) is 12.2. The Balaban J connectivity index is 3.92. The molecule has 0 radical (unpaired) electrons. The molecule has 2 nitrogen and oxygen atoms in total. The van der Waals surface area contributed by atoms with Gasteiger partial charge in [-0.05, 0) is 32.8 Å². The van der Waals surface area contributed by atoms with Gasteiger partial charge in [-0.25, -0.2) is 0 Å². The van der Waals surface area contributed by atoms with Crippen molar-refractivity contribution in [2.45, 2.75) is 40.5 Å². The number of allylic oxidation sites excluding steroid dienone is 2. The summed E-state index contributed by atoms with van der Waals surface area (Å²) in [5.74, 6) is 0. The van der Waals surface area contributed by atoms with Gasteiger partial charge in [0.05, 0.1) is 0 Å². The fourth-order valence-electron chi connectivity index (χ4n) is 1.02. The second kappa shape index (κ2) is 7.84. The first-order valence-electron chi connectivity index (χ1n) is 5.13. The minimum atomic E-state index is 1.06. The molecule has 0 aliphatic rings. The molecule has 0 saturated carbocycles. The molecule has 0 aromatic heterocycles. The smallest absolute Gasteiger partial charge is 0.0469 e. The highest BCUT2D eigenvalue weighted by atomic mass is 15.4. The van der Waals surface area contributed by atoms with Gasteiger partial charge in [0, 0.05) is 19.3 Å². The summed E-state index contributed by atoms with van der Waals surface area (Å²) >= 11 is 0. The standard InChI is InChI=1S/C11H22N2/c1-5-9-13(10-6-2)12-8-7-11(3)4/h7-8H,5-6,9-10H2,1-4H3/b12-8+. The van der Waals surface area contributed by atoms with Crippen LogP contribution in [-0.2, 0) is 0 Å². The number of nitrogens with zero attached hydrogens (tertiary/aromatic N) is 2. The van der Waals surface area contributed by atoms with Gasteiger partial charge in [0.15, 0.2) is 0 Å². The predicted octanol–water partition coefficient (Wildman–Crippen LogP) is 3.06. The normalized spacial score (nSPS) is 10.5. The molecule has 0 amide bonds. The van der Waals surface area contributed by atoms with Gasteiger partial charge in [-0.15, -0.1) is 0 Å². The van der Waals surface area contributed by atoms with Crippen molar-refractivity contribution in [2.75, 3.05) is 13.1 Å². The van der Waals surface area contributed by atoms with E-state index in [0.29, 0.717) is 0 Å². The second-order valence-electron chi connectivity index (χ2n) is 3.46. The molecule has 0 atom stereocenters. The van der Waals surface area contributed by atoms with Crippen LogP contribution in [0.15, 0.2) is 16.8 Å². The molecule has 0 bridgehead atoms. The maximum absolute atomic E-state index is 4.38. The van der Waals surface area contributed by atoms with E-state index in [4.69, 9.17) is 0 Å². The molecule has 0 rings (SSSR count). The SMILES string of the molecule is CCCN(CCC)/N=C/C=C(C)C. The predicted molar refractivity (Wildman–Crippen MR) is 60.1 cm³/mol. The average molecular weight is 182 g/mol. The minimum absolute atomic E-state index is 1.06. The van der Waals surface area contributed by atoms with Crippen molar-refractivity contribution >= 4 is 6.21 Å². The lowest BCUT2D eigenvalue weighted by Crippen LogP contribution is -2.19. The van der Waals surface area contributed by atoms with Crippen LogP contribution in [0.25, 0.3) is 0 Å². The molecule has 0 aromatic rings. The summed E-state index contributed by atoms with van der Waals surface area (Å²) in [6.45, 7) is 10.6. The first-order valence-corrected chi connectivity index (χ1v) is 5.13. The Kier molecular flexibility index (Phi) is 7.36. The Morgan fingerprint density at radius 2 is 1.69 bits per heavy atom. The van der Waals surface area contributed by atoms with Crippen LogP contribution < -0.4 is 0 Å². The van der Waals surface area contributed by atoms with E-state index >= 15 is 0 Å². The number of hydrogen-bond acceptors (Lipinski definition) is 2. The fraction of sp³-hybridized carbons (Fsp3) is 0.727. The van der Waals surface area contributed by atoms with Crippen molar-refractivity contribution < 1.29 is 0 Å². The van der Waals surface area contributed by atoms with Gasteiger partial charge >= 0.3 is 0 Å². The second-order valence-corrected chi connectivity index (χ2v) is 3.46. The molecule has 0 aromatic carbocycles. The molecule has 0 N–H and O–H groups in total. The summed E-state index contributed by atoms with van der Waals surface area (Å²) in [7, 11) is 0. The van der Waals surface area contributed by atoms with Crippen LogP contribution in [0.4, 0.5) is 0 Å². The molecule has 0 heterocycles. The molecular formula is C11H22N2. The molecule has 0 fully saturated rings. The van der Waals surface area contributed by atoms with Crippen LogP contribution in [0, 0.1) is 0 Å². The van der Waals surface area contributed by atoms with Gasteiger partial charge in [0.25, 0.3) is 0 Å². The van der Waals surface area contributed by atoms with E-state index in [1.807, 2.05) is 12.3 Å². The summed E-state index contributed by atoms with van der Waals surface area (Å²) in [4.78, 5) is 0. The molecule has 76 valence electrons. The maximum atomic E-state index is 4.38. The monoisotopic (exact) mass is 182 g/mol. The number of hydrogen-bond donors (Lipinski definition) is 0. The highest BCUT2D eigenvalue weighted by Crippen LogP contribution is 1.94.